The Morgan fingerprint density at radius 1 is 1.25 bits per heavy atom. The number of nitrogens with one attached hydrogen (secondary N) is 1. The van der Waals surface area contributed by atoms with Crippen molar-refractivity contribution in [2.45, 2.75) is 51.1 Å². The molecule has 3 heteroatoms. The molecule has 108 valence electrons. The normalized spacial score (nSPS) is 26.8. The molecule has 2 unspecified atom stereocenters. The van der Waals surface area contributed by atoms with E-state index in [4.69, 9.17) is 0 Å². The van der Waals surface area contributed by atoms with Crippen molar-refractivity contribution in [3.05, 3.63) is 35.4 Å². The molecule has 1 amide bonds. The van der Waals surface area contributed by atoms with Crippen LogP contribution in [0.3, 0.4) is 0 Å². The highest BCUT2D eigenvalue weighted by atomic mass is 16.2. The van der Waals surface area contributed by atoms with Crippen LogP contribution in [0.15, 0.2) is 24.3 Å². The van der Waals surface area contributed by atoms with Gasteiger partial charge in [-0.1, -0.05) is 17.7 Å². The Balaban J connectivity index is 1.80. The van der Waals surface area contributed by atoms with Crippen LogP contribution < -0.4 is 5.32 Å². The molecule has 2 aliphatic rings. The number of nitrogens with zero attached hydrogens (tertiary/aromatic N) is 1. The third kappa shape index (κ3) is 2.73. The lowest BCUT2D eigenvalue weighted by Gasteiger charge is -2.39. The third-order valence-electron chi connectivity index (χ3n) is 4.64. The van der Waals surface area contributed by atoms with E-state index in [0.717, 1.165) is 37.1 Å². The zero-order valence-corrected chi connectivity index (χ0v) is 12.3. The molecule has 2 saturated heterocycles. The topological polar surface area (TPSA) is 32.3 Å². The lowest BCUT2D eigenvalue weighted by molar-refractivity contribution is 0.0563. The molecule has 0 radical (unpaired) electrons. The van der Waals surface area contributed by atoms with E-state index < -0.39 is 0 Å². The van der Waals surface area contributed by atoms with E-state index in [1.807, 2.05) is 31.2 Å². The zero-order chi connectivity index (χ0) is 13.9. The predicted octanol–water partition coefficient (Wildman–Crippen LogP) is 2.74. The monoisotopic (exact) mass is 272 g/mol. The average Bonchev–Trinajstić information content (AvgIpc) is 3.00. The maximum atomic E-state index is 12.8. The van der Waals surface area contributed by atoms with Crippen molar-refractivity contribution < 1.29 is 4.79 Å². The first-order chi connectivity index (χ1) is 9.75. The van der Waals surface area contributed by atoms with Gasteiger partial charge in [0.2, 0.25) is 0 Å². The van der Waals surface area contributed by atoms with Gasteiger partial charge in [-0.25, -0.2) is 0 Å². The minimum Gasteiger partial charge on any atom is -0.334 e. The van der Waals surface area contributed by atoms with Crippen molar-refractivity contribution in [2.75, 3.05) is 13.1 Å². The van der Waals surface area contributed by atoms with Crippen LogP contribution in [0.4, 0.5) is 0 Å². The van der Waals surface area contributed by atoms with Gasteiger partial charge in [0.25, 0.3) is 5.91 Å². The second-order valence-corrected chi connectivity index (χ2v) is 6.13. The van der Waals surface area contributed by atoms with Gasteiger partial charge in [-0.2, -0.15) is 0 Å². The van der Waals surface area contributed by atoms with Crippen LogP contribution in [0.1, 0.15) is 48.0 Å². The first-order valence-corrected chi connectivity index (χ1v) is 7.87. The Labute approximate surface area is 121 Å². The Morgan fingerprint density at radius 3 is 2.90 bits per heavy atom. The fourth-order valence-corrected chi connectivity index (χ4v) is 3.61. The molecule has 1 aromatic rings. The van der Waals surface area contributed by atoms with Gasteiger partial charge in [0, 0.05) is 24.2 Å². The number of benzene rings is 1. The molecule has 20 heavy (non-hydrogen) atoms. The van der Waals surface area contributed by atoms with Gasteiger partial charge in [0.05, 0.1) is 0 Å². The quantitative estimate of drug-likeness (QED) is 0.898. The molecule has 0 bridgehead atoms. The Morgan fingerprint density at radius 2 is 2.15 bits per heavy atom. The summed E-state index contributed by atoms with van der Waals surface area (Å²) in [5.74, 6) is 0.215. The summed E-state index contributed by atoms with van der Waals surface area (Å²) < 4.78 is 0. The molecule has 0 saturated carbocycles. The lowest BCUT2D eigenvalue weighted by atomic mass is 9.93. The third-order valence-corrected chi connectivity index (χ3v) is 4.64. The highest BCUT2D eigenvalue weighted by Crippen LogP contribution is 2.26. The van der Waals surface area contributed by atoms with E-state index in [-0.39, 0.29) is 5.91 Å². The van der Waals surface area contributed by atoms with Crippen molar-refractivity contribution in [1.29, 1.82) is 0 Å². The summed E-state index contributed by atoms with van der Waals surface area (Å²) in [5, 5.41) is 3.58. The Bertz CT molecular complexity index is 480. The molecule has 1 aromatic carbocycles. The molecule has 1 N–H and O–H groups in total. The van der Waals surface area contributed by atoms with Crippen molar-refractivity contribution in [3.8, 4) is 0 Å². The van der Waals surface area contributed by atoms with Gasteiger partial charge in [0.1, 0.15) is 0 Å². The maximum Gasteiger partial charge on any atom is 0.254 e. The molecule has 0 aliphatic carbocycles. The largest absolute Gasteiger partial charge is 0.334 e. The summed E-state index contributed by atoms with van der Waals surface area (Å²) in [5.41, 5.74) is 2.00. The Hall–Kier alpha value is -1.35. The van der Waals surface area contributed by atoms with Gasteiger partial charge >= 0.3 is 0 Å². The molecule has 3 nitrogen and oxygen atoms in total. The summed E-state index contributed by atoms with van der Waals surface area (Å²) in [4.78, 5) is 14.9. The van der Waals surface area contributed by atoms with Crippen molar-refractivity contribution in [1.82, 2.24) is 10.2 Å². The lowest BCUT2D eigenvalue weighted by Crippen LogP contribution is -2.52. The zero-order valence-electron chi connectivity index (χ0n) is 12.3. The first-order valence-electron chi connectivity index (χ1n) is 7.87. The van der Waals surface area contributed by atoms with Gasteiger partial charge < -0.3 is 10.2 Å². The number of carbonyl (C=O) groups is 1. The summed E-state index contributed by atoms with van der Waals surface area (Å²) >= 11 is 0. The average molecular weight is 272 g/mol. The smallest absolute Gasteiger partial charge is 0.254 e. The molecule has 3 rings (SSSR count). The van der Waals surface area contributed by atoms with E-state index in [1.54, 1.807) is 0 Å². The number of hydrogen-bond donors (Lipinski definition) is 1. The number of piperidine rings is 1. The highest BCUT2D eigenvalue weighted by Gasteiger charge is 2.34. The van der Waals surface area contributed by atoms with Gasteiger partial charge in [-0.05, 0) is 57.7 Å². The molecule has 2 atom stereocenters. The van der Waals surface area contributed by atoms with Gasteiger partial charge in [0.15, 0.2) is 0 Å². The van der Waals surface area contributed by atoms with Crippen LogP contribution in [-0.2, 0) is 0 Å². The molecule has 2 fully saturated rings. The van der Waals surface area contributed by atoms with Crippen LogP contribution >= 0.6 is 0 Å². The van der Waals surface area contributed by atoms with Crippen LogP contribution in [0.2, 0.25) is 0 Å². The van der Waals surface area contributed by atoms with Gasteiger partial charge in [-0.15, -0.1) is 0 Å². The van der Waals surface area contributed by atoms with Crippen LogP contribution in [0, 0.1) is 6.92 Å². The van der Waals surface area contributed by atoms with E-state index in [1.165, 1.54) is 19.3 Å². The maximum absolute atomic E-state index is 12.8. The van der Waals surface area contributed by atoms with Crippen LogP contribution in [0.25, 0.3) is 0 Å². The fraction of sp³-hybridized carbons (Fsp3) is 0.588. The van der Waals surface area contributed by atoms with E-state index in [0.29, 0.717) is 12.1 Å². The highest BCUT2D eigenvalue weighted by molar-refractivity contribution is 5.94. The number of carbonyl (C=O) groups excluding carboxylic acids is 1. The summed E-state index contributed by atoms with van der Waals surface area (Å²) in [6.45, 7) is 4.06. The minimum absolute atomic E-state index is 0.215. The standard InChI is InChI=1S/C17H24N2O/c1-13-6-4-7-14(12-13)17(20)19-11-3-2-9-16(19)15-8-5-10-18-15/h4,6-7,12,15-16,18H,2-3,5,8-11H2,1H3. The van der Waals surface area contributed by atoms with Gasteiger partial charge in [-0.3, -0.25) is 4.79 Å². The minimum atomic E-state index is 0.215. The Kier molecular flexibility index (Phi) is 4.06. The molecule has 0 aromatic heterocycles. The van der Waals surface area contributed by atoms with Crippen molar-refractivity contribution in [3.63, 3.8) is 0 Å². The van der Waals surface area contributed by atoms with E-state index >= 15 is 0 Å². The first kappa shape index (κ1) is 13.6. The summed E-state index contributed by atoms with van der Waals surface area (Å²) in [6.07, 6.45) is 5.99. The number of rotatable bonds is 2. The van der Waals surface area contributed by atoms with Crippen molar-refractivity contribution >= 4 is 5.91 Å². The SMILES string of the molecule is Cc1cccc(C(=O)N2CCCCC2C2CCCN2)c1. The van der Waals surface area contributed by atoms with Crippen LogP contribution in [-0.4, -0.2) is 36.0 Å². The van der Waals surface area contributed by atoms with E-state index in [9.17, 15) is 4.79 Å². The number of likely N-dealkylation sites (tertiary alicyclic amines) is 1. The molecule has 2 aliphatic heterocycles. The van der Waals surface area contributed by atoms with E-state index in [2.05, 4.69) is 10.2 Å². The molecular weight excluding hydrogens is 248 g/mol. The number of amides is 1. The number of aryl methyl sites for hydroxylation is 1. The molecule has 0 spiro atoms. The summed E-state index contributed by atoms with van der Waals surface area (Å²) in [7, 11) is 0. The molecule has 2 heterocycles. The predicted molar refractivity (Wildman–Crippen MR) is 80.9 cm³/mol. The number of hydrogen-bond acceptors (Lipinski definition) is 2. The fourth-order valence-electron chi connectivity index (χ4n) is 3.61. The second-order valence-electron chi connectivity index (χ2n) is 6.13. The summed E-state index contributed by atoms with van der Waals surface area (Å²) in [6, 6.07) is 8.88. The van der Waals surface area contributed by atoms with Crippen molar-refractivity contribution in [2.24, 2.45) is 0 Å². The second kappa shape index (κ2) is 5.96. The van der Waals surface area contributed by atoms with Crippen LogP contribution in [0.5, 0.6) is 0 Å². The molecular formula is C17H24N2O.